The number of rotatable bonds is 15. The Balaban J connectivity index is 1.08. The second kappa shape index (κ2) is 17.6. The van der Waals surface area contributed by atoms with Crippen LogP contribution in [0.3, 0.4) is 0 Å². The molecule has 2 nitrogen and oxygen atoms in total. The summed E-state index contributed by atoms with van der Waals surface area (Å²) in [5.41, 5.74) is 19.4. The minimum absolute atomic E-state index is 0.242. The molecule has 0 atom stereocenters. The molecule has 0 spiro atoms. The summed E-state index contributed by atoms with van der Waals surface area (Å²) in [5, 5.41) is 18.7. The van der Waals surface area contributed by atoms with Gasteiger partial charge in [0.25, 0.3) is 0 Å². The van der Waals surface area contributed by atoms with E-state index in [1.165, 1.54) is 143 Å². The smallest absolute Gasteiger partial charge is 0.123 e. The molecule has 2 aliphatic rings. The van der Waals surface area contributed by atoms with Gasteiger partial charge >= 0.3 is 0 Å². The van der Waals surface area contributed by atoms with Gasteiger partial charge in [0.15, 0.2) is 0 Å². The Morgan fingerprint density at radius 1 is 0.353 bits per heavy atom. The van der Waals surface area contributed by atoms with Gasteiger partial charge in [0.2, 0.25) is 0 Å². The molecule has 2 N–H and O–H groups in total. The molecule has 68 heavy (non-hydrogen) atoms. The van der Waals surface area contributed by atoms with Gasteiger partial charge in [-0.25, -0.2) is 4.39 Å². The molecule has 10 aromatic rings. The van der Waals surface area contributed by atoms with E-state index in [2.05, 4.69) is 146 Å². The number of nitrogens with one attached hydrogen (secondary N) is 2. The van der Waals surface area contributed by atoms with Gasteiger partial charge in [-0.15, -0.1) is 0 Å². The number of halogens is 2. The topological polar surface area (TPSA) is 24.1 Å². The van der Waals surface area contributed by atoms with Crippen molar-refractivity contribution in [3.05, 3.63) is 169 Å². The number of unbranched alkanes of at least 4 members (excludes halogenated alkanes) is 6. The van der Waals surface area contributed by atoms with Gasteiger partial charge in [0.05, 0.1) is 11.4 Å². The van der Waals surface area contributed by atoms with Gasteiger partial charge in [0, 0.05) is 40.0 Å². The van der Waals surface area contributed by atoms with E-state index in [1.54, 1.807) is 12.1 Å². The van der Waals surface area contributed by atoms with Crippen LogP contribution in [-0.4, -0.2) is 13.1 Å². The summed E-state index contributed by atoms with van der Waals surface area (Å²) in [4.78, 5) is 0. The normalized spacial score (nSPS) is 12.1. The van der Waals surface area contributed by atoms with Crippen LogP contribution in [0.25, 0.3) is 121 Å². The maximum atomic E-state index is 14.6. The monoisotopic (exact) mass is 904 g/mol. The van der Waals surface area contributed by atoms with Gasteiger partial charge in [-0.05, 0) is 136 Å². The minimum atomic E-state index is -0.242. The van der Waals surface area contributed by atoms with E-state index < -0.39 is 0 Å². The lowest BCUT2D eigenvalue weighted by Gasteiger charge is -2.21. The van der Waals surface area contributed by atoms with Crippen molar-refractivity contribution in [2.24, 2.45) is 0 Å². The molecule has 2 aliphatic carbocycles. The molecule has 12 rings (SSSR count). The zero-order valence-corrected chi connectivity index (χ0v) is 39.6. The Morgan fingerprint density at radius 2 is 0.750 bits per heavy atom. The standard InChI is InChI=1S/C64H54ClFN2/c1-3-5-7-13-37-67-63-49-19-11-12-20-50(49)64(68-38-14-8-6-4-2)62-54-36-34-44(46-22-16-24-52(58(46)54)61(62)63)43-33-35-53-57-45(43)21-15-23-51(57)59-55(39-25-29-41(65)30-26-39)47-17-9-10-18-48(47)56(60(53)59)40-27-31-42(66)32-28-40/h9-12,15-36,67-68H,3-8,13-14,37-38H2,1-2H3. The molecule has 0 radical (unpaired) electrons. The van der Waals surface area contributed by atoms with Crippen LogP contribution in [0.1, 0.15) is 65.2 Å². The summed E-state index contributed by atoms with van der Waals surface area (Å²) in [7, 11) is 0. The third kappa shape index (κ3) is 6.80. The van der Waals surface area contributed by atoms with Gasteiger partial charge in [-0.3, -0.25) is 0 Å². The van der Waals surface area contributed by atoms with Gasteiger partial charge < -0.3 is 10.6 Å². The van der Waals surface area contributed by atoms with Crippen molar-refractivity contribution in [2.45, 2.75) is 65.2 Å². The first-order chi connectivity index (χ1) is 33.6. The summed E-state index contributed by atoms with van der Waals surface area (Å²) in [6.45, 7) is 6.45. The molecule has 10 aromatic carbocycles. The third-order valence-corrected chi connectivity index (χ3v) is 15.1. The molecular weight excluding hydrogens is 851 g/mol. The van der Waals surface area contributed by atoms with Crippen LogP contribution in [-0.2, 0) is 0 Å². The lowest BCUT2D eigenvalue weighted by Crippen LogP contribution is -2.07. The number of hydrogen-bond acceptors (Lipinski definition) is 2. The fourth-order valence-corrected chi connectivity index (χ4v) is 11.9. The van der Waals surface area contributed by atoms with Gasteiger partial charge in [-0.2, -0.15) is 0 Å². The van der Waals surface area contributed by atoms with E-state index in [4.69, 9.17) is 11.6 Å². The molecule has 4 heteroatoms. The van der Waals surface area contributed by atoms with E-state index in [0.717, 1.165) is 53.4 Å². The van der Waals surface area contributed by atoms with Gasteiger partial charge in [-0.1, -0.05) is 197 Å². The maximum absolute atomic E-state index is 14.6. The highest BCUT2D eigenvalue weighted by atomic mass is 35.5. The molecule has 334 valence electrons. The summed E-state index contributed by atoms with van der Waals surface area (Å²) in [5.74, 6) is -0.242. The number of hydrogen-bond donors (Lipinski definition) is 2. The summed E-state index contributed by atoms with van der Waals surface area (Å²) in [6, 6.07) is 56.3. The summed E-state index contributed by atoms with van der Waals surface area (Å²) in [6.07, 6.45) is 9.71. The fraction of sp³-hybridized carbons (Fsp3) is 0.188. The van der Waals surface area contributed by atoms with E-state index in [-0.39, 0.29) is 5.82 Å². The largest absolute Gasteiger partial charge is 0.384 e. The second-order valence-electron chi connectivity index (χ2n) is 18.9. The van der Waals surface area contributed by atoms with Crippen molar-refractivity contribution >= 4 is 66.1 Å². The van der Waals surface area contributed by atoms with E-state index in [0.29, 0.717) is 5.02 Å². The third-order valence-electron chi connectivity index (χ3n) is 14.8. The van der Waals surface area contributed by atoms with E-state index >= 15 is 0 Å². The second-order valence-corrected chi connectivity index (χ2v) is 19.3. The molecule has 0 amide bonds. The highest BCUT2D eigenvalue weighted by molar-refractivity contribution is 6.32. The Labute approximate surface area is 403 Å². The highest BCUT2D eigenvalue weighted by Crippen LogP contribution is 2.61. The van der Waals surface area contributed by atoms with Crippen LogP contribution in [0.15, 0.2) is 158 Å². The van der Waals surface area contributed by atoms with Crippen molar-refractivity contribution in [3.8, 4) is 77.9 Å². The highest BCUT2D eigenvalue weighted by Gasteiger charge is 2.33. The Hall–Kier alpha value is -6.94. The van der Waals surface area contributed by atoms with E-state index in [9.17, 15) is 4.39 Å². The number of benzene rings is 10. The Bertz CT molecular complexity index is 3440. The molecule has 0 unspecified atom stereocenters. The molecule has 0 aromatic heterocycles. The summed E-state index contributed by atoms with van der Waals surface area (Å²) < 4.78 is 14.6. The lowest BCUT2D eigenvalue weighted by atomic mass is 9.82. The van der Waals surface area contributed by atoms with Crippen LogP contribution in [0.5, 0.6) is 0 Å². The van der Waals surface area contributed by atoms with Crippen molar-refractivity contribution in [1.29, 1.82) is 0 Å². The minimum Gasteiger partial charge on any atom is -0.384 e. The van der Waals surface area contributed by atoms with Crippen LogP contribution < -0.4 is 10.6 Å². The average molecular weight is 906 g/mol. The molecule has 0 heterocycles. The van der Waals surface area contributed by atoms with Crippen molar-refractivity contribution in [1.82, 2.24) is 0 Å². The molecule has 0 fully saturated rings. The van der Waals surface area contributed by atoms with Crippen LogP contribution in [0.4, 0.5) is 15.8 Å². The first kappa shape index (κ1) is 42.4. The van der Waals surface area contributed by atoms with Crippen molar-refractivity contribution in [2.75, 3.05) is 23.7 Å². The number of fused-ring (bicyclic) bond motifs is 8. The van der Waals surface area contributed by atoms with Crippen molar-refractivity contribution in [3.63, 3.8) is 0 Å². The van der Waals surface area contributed by atoms with Crippen LogP contribution in [0.2, 0.25) is 5.02 Å². The van der Waals surface area contributed by atoms with Gasteiger partial charge in [0.1, 0.15) is 5.82 Å². The van der Waals surface area contributed by atoms with Crippen molar-refractivity contribution < 1.29 is 4.39 Å². The predicted molar refractivity (Wildman–Crippen MR) is 292 cm³/mol. The fourth-order valence-electron chi connectivity index (χ4n) is 11.8. The maximum Gasteiger partial charge on any atom is 0.123 e. The quantitative estimate of drug-likeness (QED) is 0.0791. The first-order valence-corrected chi connectivity index (χ1v) is 25.2. The Kier molecular flexibility index (Phi) is 11.0. The Morgan fingerprint density at radius 3 is 1.24 bits per heavy atom. The molecule has 0 aliphatic heterocycles. The zero-order valence-electron chi connectivity index (χ0n) is 38.8. The molecular formula is C64H54ClFN2. The van der Waals surface area contributed by atoms with E-state index in [1.807, 2.05) is 24.3 Å². The average Bonchev–Trinajstić information content (AvgIpc) is 3.89. The molecule has 0 saturated heterocycles. The van der Waals surface area contributed by atoms with Crippen LogP contribution >= 0.6 is 11.6 Å². The first-order valence-electron chi connectivity index (χ1n) is 24.9. The zero-order chi connectivity index (χ0) is 45.9. The lowest BCUT2D eigenvalue weighted by molar-refractivity contribution is 0.628. The molecule has 0 bridgehead atoms. The summed E-state index contributed by atoms with van der Waals surface area (Å²) >= 11 is 6.53. The van der Waals surface area contributed by atoms with Crippen LogP contribution in [0, 0.1) is 5.82 Å². The number of anilines is 2. The SMILES string of the molecule is CCCCCCNc1c2c(c(NCCCCCC)c3ccccc13)-c1ccc(-c3ccc4c5c(cccc35)-c3c-4c(-c4ccc(F)cc4)c4ccccc4c3-c3ccc(Cl)cc3)c3cccc-2c13. The predicted octanol–water partition coefficient (Wildman–Crippen LogP) is 19.4. The molecule has 0 saturated carbocycles.